The first-order chi connectivity index (χ1) is 17.4. The van der Waals surface area contributed by atoms with Crippen LogP contribution in [0.1, 0.15) is 27.0 Å². The molecule has 0 radical (unpaired) electrons. The Morgan fingerprint density at radius 3 is 2.39 bits per heavy atom. The maximum Gasteiger partial charge on any atom is 0.337 e. The molecular weight excluding hydrogens is 526 g/mol. The van der Waals surface area contributed by atoms with Crippen molar-refractivity contribution in [2.24, 2.45) is 0 Å². The van der Waals surface area contributed by atoms with Gasteiger partial charge in [-0.25, -0.2) is 4.79 Å². The maximum atomic E-state index is 12.7. The van der Waals surface area contributed by atoms with Crippen molar-refractivity contribution in [2.45, 2.75) is 6.61 Å². The molecule has 0 aliphatic heterocycles. The summed E-state index contributed by atoms with van der Waals surface area (Å²) in [4.78, 5) is 24.2. The van der Waals surface area contributed by atoms with E-state index in [0.717, 1.165) is 5.56 Å². The van der Waals surface area contributed by atoms with Crippen molar-refractivity contribution < 1.29 is 23.8 Å². The van der Waals surface area contributed by atoms with Gasteiger partial charge in [-0.05, 0) is 54.1 Å². The quantitative estimate of drug-likeness (QED) is 0.233. The average Bonchev–Trinajstić information content (AvgIpc) is 2.91. The van der Waals surface area contributed by atoms with Crippen LogP contribution in [0.2, 0.25) is 0 Å². The Bertz CT molecular complexity index is 1400. The topological polar surface area (TPSA) is 121 Å². The number of carbonyl (C=O) groups excluding carboxylic acids is 2. The third kappa shape index (κ3) is 6.29. The number of hydrogen-bond acceptors (Lipinski definition) is 7. The van der Waals surface area contributed by atoms with Crippen LogP contribution < -0.4 is 14.8 Å². The Kier molecular flexibility index (Phi) is 8.82. The first kappa shape index (κ1) is 26.0. The number of nitrogens with one attached hydrogen (secondary N) is 1. The van der Waals surface area contributed by atoms with E-state index in [9.17, 15) is 20.1 Å². The number of carbonyl (C=O) groups is 2. The van der Waals surface area contributed by atoms with Gasteiger partial charge in [0.25, 0.3) is 5.91 Å². The van der Waals surface area contributed by atoms with Crippen molar-refractivity contribution in [2.75, 3.05) is 19.5 Å². The normalized spacial score (nSPS) is 10.5. The smallest absolute Gasteiger partial charge is 0.337 e. The van der Waals surface area contributed by atoms with Crippen LogP contribution in [-0.4, -0.2) is 26.1 Å². The summed E-state index contributed by atoms with van der Waals surface area (Å²) in [7, 11) is 2.75. The van der Waals surface area contributed by atoms with Gasteiger partial charge in [0.2, 0.25) is 0 Å². The summed E-state index contributed by atoms with van der Waals surface area (Å²) < 4.78 is 16.5. The molecular formula is C27H20BrN3O5. The fraction of sp³-hybridized carbons (Fsp3) is 0.111. The van der Waals surface area contributed by atoms with E-state index >= 15 is 0 Å². The lowest BCUT2D eigenvalue weighted by atomic mass is 10.1. The Morgan fingerprint density at radius 2 is 1.75 bits per heavy atom. The van der Waals surface area contributed by atoms with E-state index in [-0.39, 0.29) is 12.2 Å². The molecule has 36 heavy (non-hydrogen) atoms. The van der Waals surface area contributed by atoms with Crippen LogP contribution in [0.5, 0.6) is 11.5 Å². The molecule has 0 spiro atoms. The van der Waals surface area contributed by atoms with Gasteiger partial charge in [-0.15, -0.1) is 0 Å². The monoisotopic (exact) mass is 545 g/mol. The molecule has 1 amide bonds. The zero-order chi connectivity index (χ0) is 26.1. The number of ether oxygens (including phenoxy) is 3. The maximum absolute atomic E-state index is 12.7. The molecule has 0 fully saturated rings. The summed E-state index contributed by atoms with van der Waals surface area (Å²) in [6.07, 6.45) is 1.42. The van der Waals surface area contributed by atoms with Crippen molar-refractivity contribution in [1.29, 1.82) is 10.5 Å². The second-order valence-corrected chi connectivity index (χ2v) is 8.13. The molecule has 0 saturated heterocycles. The second-order valence-electron chi connectivity index (χ2n) is 7.28. The van der Waals surface area contributed by atoms with Gasteiger partial charge in [-0.2, -0.15) is 10.5 Å². The van der Waals surface area contributed by atoms with E-state index < -0.39 is 11.9 Å². The van der Waals surface area contributed by atoms with E-state index in [1.807, 2.05) is 12.1 Å². The SMILES string of the molecule is COC(=O)c1ccc(NC(=O)/C(C#N)=C/c2cc(OC)c(OCc3ccccc3C#N)cc2Br)cc1. The molecule has 0 aliphatic carbocycles. The van der Waals surface area contributed by atoms with Crippen LogP contribution in [0.25, 0.3) is 6.08 Å². The van der Waals surface area contributed by atoms with Gasteiger partial charge < -0.3 is 19.5 Å². The van der Waals surface area contributed by atoms with Crippen LogP contribution in [0, 0.1) is 22.7 Å². The number of halogens is 1. The molecule has 3 rings (SSSR count). The van der Waals surface area contributed by atoms with Gasteiger partial charge in [-0.3, -0.25) is 4.79 Å². The van der Waals surface area contributed by atoms with E-state index in [4.69, 9.17) is 9.47 Å². The number of rotatable bonds is 8. The van der Waals surface area contributed by atoms with Gasteiger partial charge in [-0.1, -0.05) is 34.1 Å². The van der Waals surface area contributed by atoms with Crippen LogP contribution in [0.15, 0.2) is 70.7 Å². The number of methoxy groups -OCH3 is 2. The van der Waals surface area contributed by atoms with Gasteiger partial charge in [0, 0.05) is 15.7 Å². The minimum absolute atomic E-state index is 0.147. The van der Waals surface area contributed by atoms with Crippen LogP contribution in [0.4, 0.5) is 5.69 Å². The number of benzene rings is 3. The Morgan fingerprint density at radius 1 is 1.03 bits per heavy atom. The zero-order valence-corrected chi connectivity index (χ0v) is 21.0. The predicted octanol–water partition coefficient (Wildman–Crippen LogP) is 5.24. The number of esters is 1. The number of anilines is 1. The van der Waals surface area contributed by atoms with Gasteiger partial charge in [0.05, 0.1) is 31.4 Å². The molecule has 0 aliphatic rings. The number of nitriles is 2. The number of amides is 1. The Labute approximate surface area is 216 Å². The molecule has 3 aromatic rings. The van der Waals surface area contributed by atoms with E-state index in [1.165, 1.54) is 44.6 Å². The van der Waals surface area contributed by atoms with Crippen molar-refractivity contribution in [1.82, 2.24) is 0 Å². The summed E-state index contributed by atoms with van der Waals surface area (Å²) in [5, 5.41) is 21.5. The van der Waals surface area contributed by atoms with E-state index in [0.29, 0.717) is 38.3 Å². The van der Waals surface area contributed by atoms with Crippen molar-refractivity contribution >= 4 is 39.6 Å². The fourth-order valence-corrected chi connectivity index (χ4v) is 3.59. The highest BCUT2D eigenvalue weighted by Gasteiger charge is 2.15. The molecule has 180 valence electrons. The Hall–Kier alpha value is -4.60. The predicted molar refractivity (Wildman–Crippen MR) is 136 cm³/mol. The molecule has 8 nitrogen and oxygen atoms in total. The summed E-state index contributed by atoms with van der Waals surface area (Å²) in [6, 6.07) is 20.5. The highest BCUT2D eigenvalue weighted by Crippen LogP contribution is 2.35. The first-order valence-electron chi connectivity index (χ1n) is 10.5. The minimum atomic E-state index is -0.623. The lowest BCUT2D eigenvalue weighted by molar-refractivity contribution is -0.112. The molecule has 0 heterocycles. The molecule has 0 unspecified atom stereocenters. The highest BCUT2D eigenvalue weighted by atomic mass is 79.9. The average molecular weight is 546 g/mol. The molecule has 0 aromatic heterocycles. The van der Waals surface area contributed by atoms with Crippen LogP contribution >= 0.6 is 15.9 Å². The summed E-state index contributed by atoms with van der Waals surface area (Å²) in [6.45, 7) is 0.155. The highest BCUT2D eigenvalue weighted by molar-refractivity contribution is 9.10. The van der Waals surface area contributed by atoms with Crippen molar-refractivity contribution in [3.8, 4) is 23.6 Å². The van der Waals surface area contributed by atoms with Gasteiger partial charge in [0.15, 0.2) is 11.5 Å². The van der Waals surface area contributed by atoms with Crippen molar-refractivity contribution in [3.63, 3.8) is 0 Å². The molecule has 0 saturated carbocycles. The molecule has 1 N–H and O–H groups in total. The molecule has 0 atom stereocenters. The van der Waals surface area contributed by atoms with Gasteiger partial charge in [0.1, 0.15) is 18.2 Å². The molecule has 3 aromatic carbocycles. The second kappa shape index (κ2) is 12.2. The van der Waals surface area contributed by atoms with Crippen LogP contribution in [0.3, 0.4) is 0 Å². The lowest BCUT2D eigenvalue weighted by Crippen LogP contribution is -2.13. The molecule has 0 bridgehead atoms. The molecule has 9 heteroatoms. The first-order valence-corrected chi connectivity index (χ1v) is 11.3. The van der Waals surface area contributed by atoms with E-state index in [1.54, 1.807) is 30.3 Å². The van der Waals surface area contributed by atoms with Crippen LogP contribution in [-0.2, 0) is 16.1 Å². The minimum Gasteiger partial charge on any atom is -0.493 e. The number of hydrogen-bond donors (Lipinski definition) is 1. The summed E-state index contributed by atoms with van der Waals surface area (Å²) in [5.41, 5.74) is 2.36. The standard InChI is InChI=1S/C27H20BrN3O5/c1-34-24-12-20(23(28)13-25(24)36-16-19-6-4-3-5-18(19)14-29)11-21(15-30)26(32)31-22-9-7-17(8-10-22)27(33)35-2/h3-13H,16H2,1-2H3,(H,31,32)/b21-11+. The zero-order valence-electron chi connectivity index (χ0n) is 19.4. The third-order valence-electron chi connectivity index (χ3n) is 5.03. The largest absolute Gasteiger partial charge is 0.493 e. The Balaban J connectivity index is 1.80. The lowest BCUT2D eigenvalue weighted by Gasteiger charge is -2.13. The number of nitrogens with zero attached hydrogens (tertiary/aromatic N) is 2. The summed E-state index contributed by atoms with van der Waals surface area (Å²) in [5.74, 6) is -0.313. The summed E-state index contributed by atoms with van der Waals surface area (Å²) >= 11 is 3.45. The van der Waals surface area contributed by atoms with Gasteiger partial charge >= 0.3 is 5.97 Å². The van der Waals surface area contributed by atoms with E-state index in [2.05, 4.69) is 32.1 Å². The fourth-order valence-electron chi connectivity index (χ4n) is 3.15. The third-order valence-corrected chi connectivity index (χ3v) is 5.72. The van der Waals surface area contributed by atoms with Crippen molar-refractivity contribution in [3.05, 3.63) is 93.0 Å².